The lowest BCUT2D eigenvalue weighted by molar-refractivity contribution is -0.255. The fourth-order valence-corrected chi connectivity index (χ4v) is 2.02. The minimum absolute atomic E-state index is 0.108. The molecule has 0 aliphatic carbocycles. The highest BCUT2D eigenvalue weighted by Crippen LogP contribution is 2.18. The van der Waals surface area contributed by atoms with Crippen LogP contribution in [0.5, 0.6) is 5.75 Å². The minimum atomic E-state index is -1.39. The third-order valence-corrected chi connectivity index (χ3v) is 3.24. The molecule has 8 nitrogen and oxygen atoms in total. The fraction of sp³-hybridized carbons (Fsp3) is 0.111. The minimum Gasteiger partial charge on any atom is -0.545 e. The Balaban J connectivity index is 2.06. The number of carboxylic acids is 1. The molecule has 0 radical (unpaired) electrons. The molecule has 2 N–H and O–H groups in total. The Morgan fingerprint density at radius 1 is 1.19 bits per heavy atom. The van der Waals surface area contributed by atoms with Gasteiger partial charge in [0.25, 0.3) is 0 Å². The molecule has 9 heteroatoms. The van der Waals surface area contributed by atoms with E-state index in [2.05, 4.69) is 10.4 Å². The average molecular weight is 372 g/mol. The Morgan fingerprint density at radius 2 is 1.93 bits per heavy atom. The van der Waals surface area contributed by atoms with Gasteiger partial charge in [-0.05, 0) is 42.8 Å². The van der Waals surface area contributed by atoms with Gasteiger partial charge in [0.05, 0.1) is 24.5 Å². The second kappa shape index (κ2) is 9.09. The second-order valence-electron chi connectivity index (χ2n) is 5.11. The molecular weight excluding hydrogens is 357 g/mol. The van der Waals surface area contributed by atoms with Crippen molar-refractivity contribution < 1.29 is 28.6 Å². The van der Waals surface area contributed by atoms with E-state index in [0.717, 1.165) is 12.3 Å². The first kappa shape index (κ1) is 19.6. The molecule has 2 aromatic rings. The maximum Gasteiger partial charge on any atom is 0.329 e. The lowest BCUT2D eigenvalue weighted by Gasteiger charge is -2.09. The van der Waals surface area contributed by atoms with Gasteiger partial charge in [0, 0.05) is 5.56 Å². The number of anilines is 1. The molecule has 0 unspecified atom stereocenters. The van der Waals surface area contributed by atoms with E-state index in [0.29, 0.717) is 12.4 Å². The van der Waals surface area contributed by atoms with Crippen LogP contribution in [0.1, 0.15) is 22.8 Å². The largest absolute Gasteiger partial charge is 0.545 e. The van der Waals surface area contributed by atoms with Crippen LogP contribution in [0.15, 0.2) is 47.6 Å². The second-order valence-corrected chi connectivity index (χ2v) is 5.11. The zero-order valence-corrected chi connectivity index (χ0v) is 14.2. The predicted molar refractivity (Wildman–Crippen MR) is 92.7 cm³/mol. The van der Waals surface area contributed by atoms with Crippen molar-refractivity contribution in [1.82, 2.24) is 5.43 Å². The average Bonchev–Trinajstić information content (AvgIpc) is 2.64. The van der Waals surface area contributed by atoms with Crippen molar-refractivity contribution in [3.63, 3.8) is 0 Å². The molecule has 0 aromatic heterocycles. The number of ether oxygens (including phenoxy) is 1. The molecule has 140 valence electrons. The number of hydrogen-bond donors (Lipinski definition) is 2. The number of halogens is 1. The van der Waals surface area contributed by atoms with E-state index in [9.17, 15) is 23.9 Å². The van der Waals surface area contributed by atoms with Crippen LogP contribution in [0.2, 0.25) is 0 Å². The Hall–Kier alpha value is -3.75. The van der Waals surface area contributed by atoms with E-state index in [-0.39, 0.29) is 16.8 Å². The number of hydrazone groups is 1. The molecule has 2 aromatic carbocycles. The Labute approximate surface area is 153 Å². The molecule has 0 aliphatic heterocycles. The molecule has 0 saturated carbocycles. The maximum absolute atomic E-state index is 13.5. The van der Waals surface area contributed by atoms with Crippen molar-refractivity contribution in [3.8, 4) is 5.75 Å². The van der Waals surface area contributed by atoms with Crippen molar-refractivity contribution in [2.75, 3.05) is 11.9 Å². The number of para-hydroxylation sites is 1. The van der Waals surface area contributed by atoms with Crippen molar-refractivity contribution in [2.45, 2.75) is 6.92 Å². The number of hydrogen-bond acceptors (Lipinski definition) is 6. The number of aromatic carboxylic acids is 1. The van der Waals surface area contributed by atoms with Gasteiger partial charge >= 0.3 is 11.8 Å². The van der Waals surface area contributed by atoms with Gasteiger partial charge in [-0.2, -0.15) is 5.10 Å². The topological polar surface area (TPSA) is 120 Å². The normalized spacial score (nSPS) is 10.4. The monoisotopic (exact) mass is 372 g/mol. The van der Waals surface area contributed by atoms with Crippen LogP contribution in [0.25, 0.3) is 0 Å². The van der Waals surface area contributed by atoms with E-state index in [1.165, 1.54) is 36.4 Å². The van der Waals surface area contributed by atoms with Gasteiger partial charge in [0.2, 0.25) is 0 Å². The Bertz CT molecular complexity index is 898. The van der Waals surface area contributed by atoms with Crippen molar-refractivity contribution in [2.24, 2.45) is 5.10 Å². The summed E-state index contributed by atoms with van der Waals surface area (Å²) in [5, 5.41) is 16.6. The summed E-state index contributed by atoms with van der Waals surface area (Å²) in [5.41, 5.74) is 1.96. The van der Waals surface area contributed by atoms with Gasteiger partial charge in [0.15, 0.2) is 0 Å². The van der Waals surface area contributed by atoms with Crippen LogP contribution >= 0.6 is 0 Å². The van der Waals surface area contributed by atoms with E-state index < -0.39 is 23.6 Å². The van der Waals surface area contributed by atoms with Crippen LogP contribution in [-0.4, -0.2) is 30.6 Å². The van der Waals surface area contributed by atoms with Gasteiger partial charge in [-0.3, -0.25) is 9.59 Å². The highest BCUT2D eigenvalue weighted by molar-refractivity contribution is 6.39. The van der Waals surface area contributed by atoms with E-state index in [4.69, 9.17) is 4.74 Å². The number of carbonyl (C=O) groups excluding carboxylic acids is 3. The highest BCUT2D eigenvalue weighted by atomic mass is 19.1. The van der Waals surface area contributed by atoms with Crippen LogP contribution in [-0.2, 0) is 9.59 Å². The molecule has 0 fully saturated rings. The summed E-state index contributed by atoms with van der Waals surface area (Å²) in [4.78, 5) is 34.4. The SMILES string of the molecule is CCOc1ccc(C(=O)[O-])cc1/C=N\NC(=O)C(=O)Nc1ccccc1F. The number of rotatable bonds is 6. The van der Waals surface area contributed by atoms with Crippen LogP contribution in [0, 0.1) is 5.82 Å². The van der Waals surface area contributed by atoms with Crippen molar-refractivity contribution in [1.29, 1.82) is 0 Å². The standard InChI is InChI=1S/C18H16FN3O5/c1-2-27-15-8-7-11(18(25)26)9-12(15)10-20-22-17(24)16(23)21-14-6-4-3-5-13(14)19/h3-10H,2H2,1H3,(H,21,23)(H,22,24)(H,25,26)/p-1/b20-10-. The zero-order chi connectivity index (χ0) is 19.8. The van der Waals surface area contributed by atoms with Crippen LogP contribution in [0.3, 0.4) is 0 Å². The summed E-state index contributed by atoms with van der Waals surface area (Å²) < 4.78 is 18.8. The van der Waals surface area contributed by atoms with Gasteiger partial charge in [-0.25, -0.2) is 9.82 Å². The number of benzene rings is 2. The summed E-state index contributed by atoms with van der Waals surface area (Å²) >= 11 is 0. The molecule has 0 aliphatic rings. The Morgan fingerprint density at radius 3 is 2.59 bits per heavy atom. The van der Waals surface area contributed by atoms with Gasteiger partial charge in [-0.15, -0.1) is 0 Å². The summed E-state index contributed by atoms with van der Waals surface area (Å²) in [7, 11) is 0. The number of carboxylic acid groups (broad SMARTS) is 1. The molecule has 0 bridgehead atoms. The summed E-state index contributed by atoms with van der Waals surface area (Å²) in [5.74, 6) is -4.01. The number of nitrogens with one attached hydrogen (secondary N) is 2. The van der Waals surface area contributed by atoms with Crippen LogP contribution < -0.4 is 20.6 Å². The van der Waals surface area contributed by atoms with E-state index >= 15 is 0 Å². The number of nitrogens with zero attached hydrogens (tertiary/aromatic N) is 1. The smallest absolute Gasteiger partial charge is 0.329 e. The number of carbonyl (C=O) groups is 3. The summed E-state index contributed by atoms with van der Waals surface area (Å²) in [6.07, 6.45) is 1.12. The van der Waals surface area contributed by atoms with E-state index in [1.54, 1.807) is 6.92 Å². The first-order chi connectivity index (χ1) is 12.9. The predicted octanol–water partition coefficient (Wildman–Crippen LogP) is 0.677. The Kier molecular flexibility index (Phi) is 6.59. The lowest BCUT2D eigenvalue weighted by Crippen LogP contribution is -2.32. The van der Waals surface area contributed by atoms with Crippen molar-refractivity contribution in [3.05, 3.63) is 59.4 Å². The quantitative estimate of drug-likeness (QED) is 0.439. The number of amides is 2. The van der Waals surface area contributed by atoms with Crippen molar-refractivity contribution >= 4 is 29.7 Å². The fourth-order valence-electron chi connectivity index (χ4n) is 2.02. The third kappa shape index (κ3) is 5.36. The first-order valence-corrected chi connectivity index (χ1v) is 7.79. The lowest BCUT2D eigenvalue weighted by atomic mass is 10.1. The molecular formula is C18H15FN3O5-. The first-order valence-electron chi connectivity index (χ1n) is 7.79. The summed E-state index contributed by atoms with van der Waals surface area (Å²) in [6, 6.07) is 9.32. The van der Waals surface area contributed by atoms with Gasteiger partial charge < -0.3 is 20.0 Å². The summed E-state index contributed by atoms with van der Waals surface area (Å²) in [6.45, 7) is 2.06. The third-order valence-electron chi connectivity index (χ3n) is 3.24. The van der Waals surface area contributed by atoms with Gasteiger partial charge in [0.1, 0.15) is 11.6 Å². The molecule has 2 amide bonds. The van der Waals surface area contributed by atoms with E-state index in [1.807, 2.05) is 5.43 Å². The molecule has 0 saturated heterocycles. The molecule has 0 heterocycles. The van der Waals surface area contributed by atoms with Crippen LogP contribution in [0.4, 0.5) is 10.1 Å². The molecule has 27 heavy (non-hydrogen) atoms. The maximum atomic E-state index is 13.5. The van der Waals surface area contributed by atoms with Gasteiger partial charge in [-0.1, -0.05) is 12.1 Å². The zero-order valence-electron chi connectivity index (χ0n) is 14.2. The molecule has 0 spiro atoms. The highest BCUT2D eigenvalue weighted by Gasteiger charge is 2.14. The molecule has 2 rings (SSSR count). The molecule has 0 atom stereocenters.